The van der Waals surface area contributed by atoms with Gasteiger partial charge >= 0.3 is 5.69 Å². The Morgan fingerprint density at radius 2 is 1.64 bits per heavy atom. The van der Waals surface area contributed by atoms with Crippen molar-refractivity contribution in [1.29, 1.82) is 0 Å². The summed E-state index contributed by atoms with van der Waals surface area (Å²) in [6.45, 7) is 0. The van der Waals surface area contributed by atoms with E-state index in [1.165, 1.54) is 48.7 Å². The lowest BCUT2D eigenvalue weighted by atomic mass is 9.77. The van der Waals surface area contributed by atoms with Crippen LogP contribution in [0.3, 0.4) is 0 Å². The monoisotopic (exact) mass is 335 g/mol. The van der Waals surface area contributed by atoms with Crippen LogP contribution in [0.5, 0.6) is 0 Å². The van der Waals surface area contributed by atoms with Gasteiger partial charge in [0.25, 0.3) is 0 Å². The Bertz CT molecular complexity index is 949. The maximum Gasteiger partial charge on any atom is 0.334 e. The summed E-state index contributed by atoms with van der Waals surface area (Å²) in [5.41, 5.74) is 2.33. The molecule has 6 heteroatoms. The molecule has 2 saturated carbocycles. The zero-order valence-electron chi connectivity index (χ0n) is 14.1. The highest BCUT2D eigenvalue weighted by atomic mass is 16.1. The Hall–Kier alpha value is -2.50. The van der Waals surface area contributed by atoms with Crippen molar-refractivity contribution in [2.24, 2.45) is 11.8 Å². The van der Waals surface area contributed by atoms with Crippen LogP contribution in [-0.4, -0.2) is 24.5 Å². The maximum atomic E-state index is 12.3. The fraction of sp³-hybridized carbons (Fsp3) is 0.474. The molecule has 0 bridgehead atoms. The van der Waals surface area contributed by atoms with Gasteiger partial charge in [-0.3, -0.25) is 4.98 Å². The van der Waals surface area contributed by atoms with Crippen molar-refractivity contribution in [3.05, 3.63) is 46.8 Å². The van der Waals surface area contributed by atoms with Crippen molar-refractivity contribution in [1.82, 2.24) is 24.5 Å². The highest BCUT2D eigenvalue weighted by molar-refractivity contribution is 5.73. The molecular weight excluding hydrogens is 314 g/mol. The van der Waals surface area contributed by atoms with Gasteiger partial charge in [-0.15, -0.1) is 0 Å². The standard InChI is InChI=1S/C19H21N5O/c25-19-23-17-16(24(19)18-20-8-1-9-21-18)10-15(11-22-17)14-6-4-13(5-7-14)12-2-3-12/h1,8-14H,2-7H2,(H,22,23,25). The molecule has 1 N–H and O–H groups in total. The van der Waals surface area contributed by atoms with Gasteiger partial charge in [0.1, 0.15) is 0 Å². The van der Waals surface area contributed by atoms with Gasteiger partial charge in [-0.25, -0.2) is 24.3 Å². The minimum Gasteiger partial charge on any atom is -0.290 e. The third-order valence-electron chi connectivity index (χ3n) is 5.84. The van der Waals surface area contributed by atoms with Crippen LogP contribution in [0.4, 0.5) is 0 Å². The Labute approximate surface area is 145 Å². The zero-order chi connectivity index (χ0) is 16.8. The molecule has 6 nitrogen and oxygen atoms in total. The largest absolute Gasteiger partial charge is 0.334 e. The van der Waals surface area contributed by atoms with E-state index >= 15 is 0 Å². The van der Waals surface area contributed by atoms with Crippen molar-refractivity contribution in [3.8, 4) is 5.95 Å². The Balaban J connectivity index is 1.50. The summed E-state index contributed by atoms with van der Waals surface area (Å²) in [5.74, 6) is 2.87. The Morgan fingerprint density at radius 3 is 2.32 bits per heavy atom. The molecule has 2 fully saturated rings. The summed E-state index contributed by atoms with van der Waals surface area (Å²) in [4.78, 5) is 28.1. The third kappa shape index (κ3) is 2.65. The summed E-state index contributed by atoms with van der Waals surface area (Å²) in [5, 5.41) is 0. The molecule has 0 spiro atoms. The number of H-pyrrole nitrogens is 1. The number of hydrogen-bond donors (Lipinski definition) is 1. The van der Waals surface area contributed by atoms with E-state index in [2.05, 4.69) is 26.0 Å². The van der Waals surface area contributed by atoms with Crippen LogP contribution in [0, 0.1) is 11.8 Å². The normalized spacial score (nSPS) is 23.8. The lowest BCUT2D eigenvalue weighted by Crippen LogP contribution is -2.17. The summed E-state index contributed by atoms with van der Waals surface area (Å²) >= 11 is 0. The summed E-state index contributed by atoms with van der Waals surface area (Å²) in [7, 11) is 0. The van der Waals surface area contributed by atoms with Crippen LogP contribution in [-0.2, 0) is 0 Å². The highest BCUT2D eigenvalue weighted by Crippen LogP contribution is 2.47. The predicted octanol–water partition coefficient (Wildman–Crippen LogP) is 3.19. The van der Waals surface area contributed by atoms with Crippen LogP contribution in [0.2, 0.25) is 0 Å². The van der Waals surface area contributed by atoms with Crippen molar-refractivity contribution in [3.63, 3.8) is 0 Å². The first-order chi connectivity index (χ1) is 12.3. The number of fused-ring (bicyclic) bond motifs is 1. The molecular formula is C19H21N5O. The SMILES string of the molecule is O=c1[nH]c2ncc(C3CCC(C4CC4)CC3)cc2n1-c1ncccn1. The van der Waals surface area contributed by atoms with Crippen LogP contribution < -0.4 is 5.69 Å². The van der Waals surface area contributed by atoms with E-state index in [4.69, 9.17) is 0 Å². The van der Waals surface area contributed by atoms with E-state index in [1.54, 1.807) is 18.5 Å². The average Bonchev–Trinajstić information content (AvgIpc) is 3.45. The smallest absolute Gasteiger partial charge is 0.290 e. The fourth-order valence-electron chi connectivity index (χ4n) is 4.32. The Kier molecular flexibility index (Phi) is 3.43. The number of nitrogens with zero attached hydrogens (tertiary/aromatic N) is 4. The van der Waals surface area contributed by atoms with Crippen molar-refractivity contribution in [2.75, 3.05) is 0 Å². The van der Waals surface area contributed by atoms with Gasteiger partial charge in [0, 0.05) is 18.6 Å². The first kappa shape index (κ1) is 14.8. The van der Waals surface area contributed by atoms with Crippen molar-refractivity contribution < 1.29 is 0 Å². The van der Waals surface area contributed by atoms with Gasteiger partial charge in [0.2, 0.25) is 5.95 Å². The molecule has 0 atom stereocenters. The fourth-order valence-corrected chi connectivity index (χ4v) is 4.32. The molecule has 3 aromatic heterocycles. The van der Waals surface area contributed by atoms with Gasteiger partial charge in [0.05, 0.1) is 5.52 Å². The lowest BCUT2D eigenvalue weighted by Gasteiger charge is -2.28. The van der Waals surface area contributed by atoms with E-state index in [1.807, 2.05) is 6.20 Å². The van der Waals surface area contributed by atoms with Gasteiger partial charge in [-0.05, 0) is 74.0 Å². The molecule has 3 aromatic rings. The molecule has 3 heterocycles. The minimum atomic E-state index is -0.247. The predicted molar refractivity (Wildman–Crippen MR) is 94.7 cm³/mol. The maximum absolute atomic E-state index is 12.3. The summed E-state index contributed by atoms with van der Waals surface area (Å²) in [6.07, 6.45) is 13.2. The van der Waals surface area contributed by atoms with Crippen molar-refractivity contribution in [2.45, 2.75) is 44.4 Å². The second kappa shape index (κ2) is 5.79. The molecule has 0 radical (unpaired) electrons. The average molecular weight is 335 g/mol. The van der Waals surface area contributed by atoms with E-state index in [0.29, 0.717) is 17.5 Å². The number of hydrogen-bond acceptors (Lipinski definition) is 4. The highest BCUT2D eigenvalue weighted by Gasteiger charge is 2.34. The van der Waals surface area contributed by atoms with Crippen LogP contribution >= 0.6 is 0 Å². The summed E-state index contributed by atoms with van der Waals surface area (Å²) < 4.78 is 1.52. The number of nitrogens with one attached hydrogen (secondary N) is 1. The lowest BCUT2D eigenvalue weighted by molar-refractivity contribution is 0.295. The van der Waals surface area contributed by atoms with Crippen LogP contribution in [0.15, 0.2) is 35.5 Å². The van der Waals surface area contributed by atoms with E-state index in [-0.39, 0.29) is 5.69 Å². The number of aromatic amines is 1. The second-order valence-corrected chi connectivity index (χ2v) is 7.40. The number of rotatable bonds is 3. The first-order valence-corrected chi connectivity index (χ1v) is 9.17. The Morgan fingerprint density at radius 1 is 0.960 bits per heavy atom. The van der Waals surface area contributed by atoms with Gasteiger partial charge < -0.3 is 0 Å². The topological polar surface area (TPSA) is 76.5 Å². The first-order valence-electron chi connectivity index (χ1n) is 9.17. The number of imidazole rings is 1. The molecule has 0 aliphatic heterocycles. The quantitative estimate of drug-likeness (QED) is 0.797. The molecule has 0 unspecified atom stereocenters. The number of aromatic nitrogens is 5. The molecule has 25 heavy (non-hydrogen) atoms. The third-order valence-corrected chi connectivity index (χ3v) is 5.84. The van der Waals surface area contributed by atoms with Crippen molar-refractivity contribution >= 4 is 11.2 Å². The molecule has 5 rings (SSSR count). The van der Waals surface area contributed by atoms with Gasteiger partial charge in [-0.1, -0.05) is 0 Å². The molecule has 0 amide bonds. The van der Waals surface area contributed by atoms with Gasteiger partial charge in [0.15, 0.2) is 5.65 Å². The number of pyridine rings is 1. The van der Waals surface area contributed by atoms with Gasteiger partial charge in [-0.2, -0.15) is 0 Å². The van der Waals surface area contributed by atoms with E-state index < -0.39 is 0 Å². The summed E-state index contributed by atoms with van der Waals surface area (Å²) in [6, 6.07) is 3.84. The van der Waals surface area contributed by atoms with E-state index in [9.17, 15) is 4.79 Å². The molecule has 128 valence electrons. The molecule has 0 saturated heterocycles. The second-order valence-electron chi connectivity index (χ2n) is 7.40. The van der Waals surface area contributed by atoms with Crippen LogP contribution in [0.1, 0.15) is 50.0 Å². The molecule has 0 aromatic carbocycles. The zero-order valence-corrected chi connectivity index (χ0v) is 14.1. The van der Waals surface area contributed by atoms with E-state index in [0.717, 1.165) is 17.4 Å². The molecule has 2 aliphatic carbocycles. The minimum absolute atomic E-state index is 0.247. The molecule has 2 aliphatic rings. The van der Waals surface area contributed by atoms with Crippen LogP contribution in [0.25, 0.3) is 17.1 Å².